The minimum atomic E-state index is 0.593. The zero-order chi connectivity index (χ0) is 19.9. The van der Waals surface area contributed by atoms with Crippen molar-refractivity contribution in [3.63, 3.8) is 0 Å². The molecule has 0 amide bonds. The lowest BCUT2D eigenvalue weighted by molar-refractivity contribution is 0.414. The predicted octanol–water partition coefficient (Wildman–Crippen LogP) is 3.36. The molecular weight excluding hydrogens is 350 g/mol. The maximum absolute atomic E-state index is 5.20. The summed E-state index contributed by atoms with van der Waals surface area (Å²) in [4.78, 5) is 4.30. The molecule has 0 aliphatic heterocycles. The molecule has 3 aromatic rings. The monoisotopic (exact) mass is 377 g/mol. The van der Waals surface area contributed by atoms with Crippen molar-refractivity contribution in [1.29, 1.82) is 0 Å². The lowest BCUT2D eigenvalue weighted by Crippen LogP contribution is -2.36. The molecule has 0 bridgehead atoms. The van der Waals surface area contributed by atoms with Crippen molar-refractivity contribution in [2.45, 2.75) is 26.9 Å². The number of ether oxygens (including phenoxy) is 1. The first-order valence-electron chi connectivity index (χ1n) is 9.28. The number of rotatable bonds is 6. The molecule has 0 fully saturated rings. The molecule has 3 rings (SSSR count). The highest BCUT2D eigenvalue weighted by Crippen LogP contribution is 2.14. The van der Waals surface area contributed by atoms with Gasteiger partial charge >= 0.3 is 0 Å². The maximum atomic E-state index is 5.20. The second kappa shape index (κ2) is 9.08. The van der Waals surface area contributed by atoms with E-state index >= 15 is 0 Å². The summed E-state index contributed by atoms with van der Waals surface area (Å²) in [5, 5.41) is 11.3. The Morgan fingerprint density at radius 3 is 2.46 bits per heavy atom. The van der Waals surface area contributed by atoms with E-state index in [9.17, 15) is 0 Å². The Balaban J connectivity index is 1.55. The number of aryl methyl sites for hydroxylation is 2. The van der Waals surface area contributed by atoms with E-state index < -0.39 is 0 Å². The standard InChI is InChI=1S/C22H27N5O/c1-16-5-6-18(17(2)13-16)14-24-22(23-3)25-15-19-11-12-27(26-19)20-7-9-21(28-4)10-8-20/h5-13H,14-15H2,1-4H3,(H2,23,24,25). The van der Waals surface area contributed by atoms with Crippen LogP contribution in [-0.2, 0) is 13.1 Å². The Labute approximate surface area is 166 Å². The Kier molecular flexibility index (Phi) is 6.32. The molecule has 2 aromatic carbocycles. The summed E-state index contributed by atoms with van der Waals surface area (Å²) in [5.74, 6) is 1.58. The van der Waals surface area contributed by atoms with Crippen molar-refractivity contribution in [3.05, 3.63) is 77.1 Å². The summed E-state index contributed by atoms with van der Waals surface area (Å²) in [6.07, 6.45) is 1.95. The van der Waals surface area contributed by atoms with Crippen molar-refractivity contribution in [2.75, 3.05) is 14.2 Å². The third-order valence-corrected chi connectivity index (χ3v) is 4.59. The molecule has 146 valence electrons. The van der Waals surface area contributed by atoms with Gasteiger partial charge in [-0.05, 0) is 55.3 Å². The van der Waals surface area contributed by atoms with E-state index in [1.807, 2.05) is 41.2 Å². The van der Waals surface area contributed by atoms with Gasteiger partial charge in [-0.25, -0.2) is 4.68 Å². The molecule has 1 heterocycles. The van der Waals surface area contributed by atoms with Gasteiger partial charge in [-0.15, -0.1) is 0 Å². The SMILES string of the molecule is CN=C(NCc1ccn(-c2ccc(OC)cc2)n1)NCc1ccc(C)cc1C. The van der Waals surface area contributed by atoms with Crippen LogP contribution in [0.5, 0.6) is 5.75 Å². The van der Waals surface area contributed by atoms with Crippen LogP contribution in [0.4, 0.5) is 0 Å². The molecule has 0 radical (unpaired) electrons. The van der Waals surface area contributed by atoms with Gasteiger partial charge in [0.1, 0.15) is 5.75 Å². The molecule has 0 saturated carbocycles. The fourth-order valence-electron chi connectivity index (χ4n) is 2.95. The van der Waals surface area contributed by atoms with Crippen LogP contribution in [-0.4, -0.2) is 29.9 Å². The van der Waals surface area contributed by atoms with Gasteiger partial charge < -0.3 is 15.4 Å². The van der Waals surface area contributed by atoms with E-state index in [1.165, 1.54) is 16.7 Å². The number of benzene rings is 2. The fourth-order valence-corrected chi connectivity index (χ4v) is 2.95. The molecule has 6 heteroatoms. The summed E-state index contributed by atoms with van der Waals surface area (Å²) in [6, 6.07) is 16.3. The molecular formula is C22H27N5O. The van der Waals surface area contributed by atoms with Crippen LogP contribution in [0, 0.1) is 13.8 Å². The predicted molar refractivity (Wildman–Crippen MR) is 113 cm³/mol. The average Bonchev–Trinajstić information content (AvgIpc) is 3.18. The minimum absolute atomic E-state index is 0.593. The Hall–Kier alpha value is -3.28. The van der Waals surface area contributed by atoms with Crippen LogP contribution in [0.1, 0.15) is 22.4 Å². The molecule has 0 saturated heterocycles. The number of aromatic nitrogens is 2. The van der Waals surface area contributed by atoms with E-state index in [-0.39, 0.29) is 0 Å². The number of hydrogen-bond acceptors (Lipinski definition) is 3. The smallest absolute Gasteiger partial charge is 0.191 e. The molecule has 2 N–H and O–H groups in total. The summed E-state index contributed by atoms with van der Waals surface area (Å²) in [7, 11) is 3.43. The first-order chi connectivity index (χ1) is 13.6. The van der Waals surface area contributed by atoms with E-state index in [4.69, 9.17) is 4.74 Å². The molecule has 0 aliphatic rings. The first kappa shape index (κ1) is 19.5. The largest absolute Gasteiger partial charge is 0.497 e. The van der Waals surface area contributed by atoms with Crippen LogP contribution < -0.4 is 15.4 Å². The van der Waals surface area contributed by atoms with Crippen LogP contribution >= 0.6 is 0 Å². The van der Waals surface area contributed by atoms with Crippen LogP contribution in [0.15, 0.2) is 59.7 Å². The van der Waals surface area contributed by atoms with Gasteiger partial charge in [0.05, 0.1) is 25.0 Å². The second-order valence-corrected chi connectivity index (χ2v) is 6.66. The molecule has 0 aliphatic carbocycles. The highest BCUT2D eigenvalue weighted by molar-refractivity contribution is 5.79. The van der Waals surface area contributed by atoms with Crippen molar-refractivity contribution in [1.82, 2.24) is 20.4 Å². The highest BCUT2D eigenvalue weighted by atomic mass is 16.5. The minimum Gasteiger partial charge on any atom is -0.497 e. The van der Waals surface area contributed by atoms with Gasteiger partial charge in [-0.3, -0.25) is 4.99 Å². The van der Waals surface area contributed by atoms with Crippen LogP contribution in [0.3, 0.4) is 0 Å². The molecule has 1 aromatic heterocycles. The quantitative estimate of drug-likeness (QED) is 0.511. The van der Waals surface area contributed by atoms with Gasteiger partial charge in [-0.1, -0.05) is 23.8 Å². The Morgan fingerprint density at radius 2 is 1.79 bits per heavy atom. The zero-order valence-corrected chi connectivity index (χ0v) is 16.9. The number of nitrogens with one attached hydrogen (secondary N) is 2. The molecule has 6 nitrogen and oxygen atoms in total. The Morgan fingerprint density at radius 1 is 1.04 bits per heavy atom. The number of hydrogen-bond donors (Lipinski definition) is 2. The highest BCUT2D eigenvalue weighted by Gasteiger charge is 2.05. The lowest BCUT2D eigenvalue weighted by Gasteiger charge is -2.13. The van der Waals surface area contributed by atoms with Crippen LogP contribution in [0.25, 0.3) is 5.69 Å². The average molecular weight is 377 g/mol. The lowest BCUT2D eigenvalue weighted by atomic mass is 10.1. The van der Waals surface area contributed by atoms with Gasteiger partial charge in [0.15, 0.2) is 5.96 Å². The third kappa shape index (κ3) is 4.91. The Bertz CT molecular complexity index is 944. The molecule has 0 atom stereocenters. The van der Waals surface area contributed by atoms with Gasteiger partial charge in [0.2, 0.25) is 0 Å². The van der Waals surface area contributed by atoms with Crippen molar-refractivity contribution in [3.8, 4) is 11.4 Å². The van der Waals surface area contributed by atoms with Gasteiger partial charge in [-0.2, -0.15) is 5.10 Å². The molecule has 0 unspecified atom stereocenters. The van der Waals surface area contributed by atoms with Crippen LogP contribution in [0.2, 0.25) is 0 Å². The van der Waals surface area contributed by atoms with Gasteiger partial charge in [0, 0.05) is 19.8 Å². The van der Waals surface area contributed by atoms with Gasteiger partial charge in [0.25, 0.3) is 0 Å². The second-order valence-electron chi connectivity index (χ2n) is 6.66. The fraction of sp³-hybridized carbons (Fsp3) is 0.273. The van der Waals surface area contributed by atoms with E-state index in [1.54, 1.807) is 14.2 Å². The van der Waals surface area contributed by atoms with E-state index in [2.05, 4.69) is 52.8 Å². The number of methoxy groups -OCH3 is 1. The zero-order valence-electron chi connectivity index (χ0n) is 16.9. The topological polar surface area (TPSA) is 63.5 Å². The number of aliphatic imine (C=N–C) groups is 1. The summed E-state index contributed by atoms with van der Waals surface area (Å²) in [6.45, 7) is 5.56. The summed E-state index contributed by atoms with van der Waals surface area (Å²) < 4.78 is 7.05. The first-order valence-corrected chi connectivity index (χ1v) is 9.28. The number of guanidine groups is 1. The normalized spacial score (nSPS) is 11.4. The van der Waals surface area contributed by atoms with E-state index in [0.29, 0.717) is 6.54 Å². The summed E-state index contributed by atoms with van der Waals surface area (Å²) in [5.41, 5.74) is 5.74. The summed E-state index contributed by atoms with van der Waals surface area (Å²) >= 11 is 0. The molecule has 0 spiro atoms. The van der Waals surface area contributed by atoms with E-state index in [0.717, 1.165) is 29.6 Å². The maximum Gasteiger partial charge on any atom is 0.191 e. The molecule has 28 heavy (non-hydrogen) atoms. The van der Waals surface area contributed by atoms with Crippen molar-refractivity contribution < 1.29 is 4.74 Å². The number of nitrogens with zero attached hydrogens (tertiary/aromatic N) is 3. The third-order valence-electron chi connectivity index (χ3n) is 4.59. The van der Waals surface area contributed by atoms with Crippen molar-refractivity contribution >= 4 is 5.96 Å². The van der Waals surface area contributed by atoms with Crippen molar-refractivity contribution in [2.24, 2.45) is 4.99 Å².